The van der Waals surface area contributed by atoms with Crippen LogP contribution in [0.25, 0.3) is 11.1 Å². The molecular weight excluding hydrogens is 383 g/mol. The minimum Gasteiger partial charge on any atom is -0.391 e. The predicted molar refractivity (Wildman–Crippen MR) is 107 cm³/mol. The number of aliphatic hydroxyl groups is 1. The molecule has 5 atom stereocenters. The van der Waals surface area contributed by atoms with Crippen LogP contribution in [0.5, 0.6) is 0 Å². The summed E-state index contributed by atoms with van der Waals surface area (Å²) in [5, 5.41) is 34.1. The number of fused-ring (bicyclic) bond motifs is 2. The highest BCUT2D eigenvalue weighted by Gasteiger charge is 2.47. The molecule has 1 saturated carbocycles. The molecule has 2 aromatic rings. The first kappa shape index (κ1) is 20.0. The summed E-state index contributed by atoms with van der Waals surface area (Å²) >= 11 is 0. The van der Waals surface area contributed by atoms with Crippen molar-refractivity contribution in [2.45, 2.75) is 43.5 Å². The van der Waals surface area contributed by atoms with Crippen molar-refractivity contribution in [2.24, 2.45) is 5.92 Å². The lowest BCUT2D eigenvalue weighted by Crippen LogP contribution is -2.53. The van der Waals surface area contributed by atoms with E-state index in [-0.39, 0.29) is 29.5 Å². The number of rotatable bonds is 5. The van der Waals surface area contributed by atoms with Crippen LogP contribution in [0.2, 0.25) is 0 Å². The third kappa shape index (κ3) is 3.91. The average molecular weight is 404 g/mol. The molecule has 4 rings (SSSR count). The van der Waals surface area contributed by atoms with Gasteiger partial charge in [0.1, 0.15) is 17.9 Å². The molecule has 1 saturated heterocycles. The van der Waals surface area contributed by atoms with E-state index >= 15 is 0 Å². The summed E-state index contributed by atoms with van der Waals surface area (Å²) in [4.78, 5) is 12.6. The van der Waals surface area contributed by atoms with Crippen LogP contribution in [0.4, 0.5) is 4.39 Å². The van der Waals surface area contributed by atoms with Crippen LogP contribution in [-0.4, -0.2) is 35.2 Å². The molecule has 152 valence electrons. The monoisotopic (exact) mass is 404 g/mol. The van der Waals surface area contributed by atoms with Gasteiger partial charge in [0.15, 0.2) is 0 Å². The normalized spacial score (nSPS) is 25.3. The molecule has 1 amide bonds. The van der Waals surface area contributed by atoms with E-state index < -0.39 is 18.0 Å². The van der Waals surface area contributed by atoms with Crippen LogP contribution in [0.1, 0.15) is 24.0 Å². The Hall–Kier alpha value is -3.26. The zero-order chi connectivity index (χ0) is 21.3. The Bertz CT molecular complexity index is 1040. The first-order valence-corrected chi connectivity index (χ1v) is 9.91. The summed E-state index contributed by atoms with van der Waals surface area (Å²) in [7, 11) is 0. The van der Waals surface area contributed by atoms with E-state index in [1.807, 2.05) is 24.3 Å². The van der Waals surface area contributed by atoms with Crippen LogP contribution in [-0.2, 0) is 11.2 Å². The molecule has 7 heteroatoms. The molecule has 2 aromatic carbocycles. The molecule has 5 unspecified atom stereocenters. The number of carbonyl (C=O) groups excluding carboxylic acids is 1. The number of hydrogen-bond donors (Lipinski definition) is 3. The molecule has 0 radical (unpaired) electrons. The molecule has 2 aliphatic rings. The van der Waals surface area contributed by atoms with Crippen LogP contribution >= 0.6 is 0 Å². The van der Waals surface area contributed by atoms with E-state index in [0.717, 1.165) is 17.5 Å². The Morgan fingerprint density at radius 1 is 1.20 bits per heavy atom. The topological polar surface area (TPSA) is 109 Å². The SMILES string of the molecule is N#Cc1ccc(-c2ccc(CC(C#N)NC(=O)C3NC4CC3CC4O)cc2)cc1F. The lowest BCUT2D eigenvalue weighted by atomic mass is 9.97. The van der Waals surface area contributed by atoms with Gasteiger partial charge in [0.25, 0.3) is 0 Å². The Morgan fingerprint density at radius 2 is 1.93 bits per heavy atom. The maximum Gasteiger partial charge on any atom is 0.238 e. The standard InChI is InChI=1S/C23H21FN4O2/c24-19-8-15(5-6-16(19)11-25)14-3-1-13(2-4-14)7-18(12-26)27-23(30)22-17-9-20(28-22)21(29)10-17/h1-6,8,17-18,20-22,28-29H,7,9-10H2,(H,27,30). The van der Waals surface area contributed by atoms with Gasteiger partial charge in [-0.1, -0.05) is 30.3 Å². The van der Waals surface area contributed by atoms with Gasteiger partial charge < -0.3 is 15.7 Å². The number of nitriles is 2. The number of carbonyl (C=O) groups is 1. The smallest absolute Gasteiger partial charge is 0.238 e. The Labute approximate surface area is 173 Å². The summed E-state index contributed by atoms with van der Waals surface area (Å²) in [5.41, 5.74) is 2.33. The molecule has 0 spiro atoms. The fraction of sp³-hybridized carbons (Fsp3) is 0.348. The van der Waals surface area contributed by atoms with Gasteiger partial charge in [-0.3, -0.25) is 4.79 Å². The fourth-order valence-corrected chi connectivity index (χ4v) is 4.41. The molecule has 1 aliphatic heterocycles. The van der Waals surface area contributed by atoms with Crippen LogP contribution in [0, 0.1) is 34.4 Å². The van der Waals surface area contributed by atoms with Crippen molar-refractivity contribution < 1.29 is 14.3 Å². The zero-order valence-electron chi connectivity index (χ0n) is 16.2. The Morgan fingerprint density at radius 3 is 2.50 bits per heavy atom. The minimum absolute atomic E-state index is 0.00228. The quantitative estimate of drug-likeness (QED) is 0.707. The second kappa shape index (κ2) is 8.23. The van der Waals surface area contributed by atoms with Crippen molar-refractivity contribution in [3.8, 4) is 23.3 Å². The van der Waals surface area contributed by atoms with Gasteiger partial charge in [-0.25, -0.2) is 4.39 Å². The maximum absolute atomic E-state index is 13.8. The molecule has 2 bridgehead atoms. The molecule has 1 heterocycles. The lowest BCUT2D eigenvalue weighted by molar-refractivity contribution is -0.124. The summed E-state index contributed by atoms with van der Waals surface area (Å²) in [6, 6.07) is 14.7. The first-order chi connectivity index (χ1) is 14.5. The summed E-state index contributed by atoms with van der Waals surface area (Å²) < 4.78 is 13.8. The molecule has 2 fully saturated rings. The molecule has 30 heavy (non-hydrogen) atoms. The van der Waals surface area contributed by atoms with Gasteiger partial charge in [0.05, 0.1) is 23.8 Å². The Kier molecular flexibility index (Phi) is 5.50. The van der Waals surface area contributed by atoms with E-state index in [1.165, 1.54) is 12.1 Å². The second-order valence-corrected chi connectivity index (χ2v) is 7.95. The lowest BCUT2D eigenvalue weighted by Gasteiger charge is -2.26. The number of aliphatic hydroxyl groups excluding tert-OH is 1. The zero-order valence-corrected chi connectivity index (χ0v) is 16.2. The maximum atomic E-state index is 13.8. The number of piperidine rings is 1. The number of halogens is 1. The number of benzene rings is 2. The van der Waals surface area contributed by atoms with Gasteiger partial charge >= 0.3 is 0 Å². The second-order valence-electron chi connectivity index (χ2n) is 7.95. The summed E-state index contributed by atoms with van der Waals surface area (Å²) in [6.45, 7) is 0. The molecule has 3 N–H and O–H groups in total. The fourth-order valence-electron chi connectivity index (χ4n) is 4.41. The van der Waals surface area contributed by atoms with E-state index in [0.29, 0.717) is 18.4 Å². The van der Waals surface area contributed by atoms with Gasteiger partial charge in [0, 0.05) is 12.5 Å². The van der Waals surface area contributed by atoms with Gasteiger partial charge in [-0.15, -0.1) is 0 Å². The largest absolute Gasteiger partial charge is 0.391 e. The number of amides is 1. The van der Waals surface area contributed by atoms with Crippen molar-refractivity contribution in [1.29, 1.82) is 10.5 Å². The molecular formula is C23H21FN4O2. The number of nitrogens with one attached hydrogen (secondary N) is 2. The van der Waals surface area contributed by atoms with Crippen molar-refractivity contribution in [3.63, 3.8) is 0 Å². The highest BCUT2D eigenvalue weighted by Crippen LogP contribution is 2.35. The minimum atomic E-state index is -0.665. The highest BCUT2D eigenvalue weighted by atomic mass is 19.1. The van der Waals surface area contributed by atoms with Crippen molar-refractivity contribution in [3.05, 3.63) is 59.4 Å². The van der Waals surface area contributed by atoms with E-state index in [4.69, 9.17) is 5.26 Å². The van der Waals surface area contributed by atoms with E-state index in [1.54, 1.807) is 12.1 Å². The van der Waals surface area contributed by atoms with Crippen molar-refractivity contribution >= 4 is 5.91 Å². The van der Waals surface area contributed by atoms with Crippen LogP contribution in [0.3, 0.4) is 0 Å². The molecule has 1 aliphatic carbocycles. The first-order valence-electron chi connectivity index (χ1n) is 9.91. The predicted octanol–water partition coefficient (Wildman–Crippen LogP) is 2.03. The van der Waals surface area contributed by atoms with Gasteiger partial charge in [0.2, 0.25) is 5.91 Å². The summed E-state index contributed by atoms with van der Waals surface area (Å²) in [5.74, 6) is -0.657. The van der Waals surface area contributed by atoms with Crippen molar-refractivity contribution in [1.82, 2.24) is 10.6 Å². The number of nitrogens with zero attached hydrogens (tertiary/aromatic N) is 2. The summed E-state index contributed by atoms with van der Waals surface area (Å²) in [6.07, 6.45) is 1.36. The molecule has 6 nitrogen and oxygen atoms in total. The van der Waals surface area contributed by atoms with Gasteiger partial charge in [-0.2, -0.15) is 10.5 Å². The van der Waals surface area contributed by atoms with Crippen molar-refractivity contribution in [2.75, 3.05) is 0 Å². The Balaban J connectivity index is 1.38. The molecule has 0 aromatic heterocycles. The van der Waals surface area contributed by atoms with E-state index in [2.05, 4.69) is 16.7 Å². The van der Waals surface area contributed by atoms with Crippen LogP contribution in [0.15, 0.2) is 42.5 Å². The van der Waals surface area contributed by atoms with Gasteiger partial charge in [-0.05, 0) is 47.6 Å². The third-order valence-corrected chi connectivity index (χ3v) is 6.00. The van der Waals surface area contributed by atoms with Crippen LogP contribution < -0.4 is 10.6 Å². The number of hydrogen-bond acceptors (Lipinski definition) is 5. The average Bonchev–Trinajstić information content (AvgIpc) is 3.33. The van der Waals surface area contributed by atoms with E-state index in [9.17, 15) is 19.6 Å². The highest BCUT2D eigenvalue weighted by molar-refractivity contribution is 5.83. The third-order valence-electron chi connectivity index (χ3n) is 6.00.